The summed E-state index contributed by atoms with van der Waals surface area (Å²) in [7, 11) is 0. The molecule has 0 atom stereocenters. The van der Waals surface area contributed by atoms with Crippen molar-refractivity contribution in [3.63, 3.8) is 0 Å². The molecule has 0 aliphatic heterocycles. The van der Waals surface area contributed by atoms with Crippen LogP contribution in [0.15, 0.2) is 42.0 Å². The van der Waals surface area contributed by atoms with Crippen molar-refractivity contribution in [1.82, 2.24) is 10.2 Å². The van der Waals surface area contributed by atoms with E-state index in [4.69, 9.17) is 9.47 Å². The SMILES string of the molecule is CCCCNCN(C/C(C)=C/c1ccc(F)cc1F)C(=O)c1cc(OCC)cc(OCC)c1. The van der Waals surface area contributed by atoms with E-state index in [1.807, 2.05) is 20.8 Å². The number of halogens is 2. The van der Waals surface area contributed by atoms with E-state index in [0.29, 0.717) is 36.9 Å². The van der Waals surface area contributed by atoms with Crippen LogP contribution in [0.3, 0.4) is 0 Å². The number of nitrogens with one attached hydrogen (secondary N) is 1. The Balaban J connectivity index is 2.29. The lowest BCUT2D eigenvalue weighted by Gasteiger charge is -2.24. The Labute approximate surface area is 195 Å². The van der Waals surface area contributed by atoms with Crippen LogP contribution < -0.4 is 14.8 Å². The molecule has 2 rings (SSSR count). The average molecular weight is 461 g/mol. The first kappa shape index (κ1) is 26.3. The highest BCUT2D eigenvalue weighted by Gasteiger charge is 2.18. The van der Waals surface area contributed by atoms with E-state index in [-0.39, 0.29) is 18.0 Å². The third-order valence-corrected chi connectivity index (χ3v) is 4.85. The van der Waals surface area contributed by atoms with Crippen LogP contribution in [0, 0.1) is 11.6 Å². The number of ether oxygens (including phenoxy) is 2. The molecule has 0 aromatic heterocycles. The minimum atomic E-state index is -0.640. The molecule has 7 heteroatoms. The number of rotatable bonds is 13. The van der Waals surface area contributed by atoms with E-state index < -0.39 is 11.6 Å². The van der Waals surface area contributed by atoms with E-state index in [2.05, 4.69) is 12.2 Å². The lowest BCUT2D eigenvalue weighted by molar-refractivity contribution is 0.0756. The van der Waals surface area contributed by atoms with E-state index in [1.165, 1.54) is 12.1 Å². The highest BCUT2D eigenvalue weighted by atomic mass is 19.1. The molecule has 5 nitrogen and oxygen atoms in total. The van der Waals surface area contributed by atoms with Crippen molar-refractivity contribution in [1.29, 1.82) is 0 Å². The van der Waals surface area contributed by atoms with Crippen molar-refractivity contribution in [2.24, 2.45) is 0 Å². The van der Waals surface area contributed by atoms with Gasteiger partial charge in [-0.05, 0) is 58.0 Å². The van der Waals surface area contributed by atoms with Gasteiger partial charge in [0, 0.05) is 29.8 Å². The van der Waals surface area contributed by atoms with Crippen molar-refractivity contribution in [3.05, 3.63) is 64.7 Å². The van der Waals surface area contributed by atoms with Crippen molar-refractivity contribution in [2.75, 3.05) is 33.0 Å². The molecular formula is C26H34F2N2O3. The van der Waals surface area contributed by atoms with Crippen LogP contribution in [0.5, 0.6) is 11.5 Å². The fourth-order valence-corrected chi connectivity index (χ4v) is 3.32. The van der Waals surface area contributed by atoms with Crippen LogP contribution in [-0.2, 0) is 0 Å². The Morgan fingerprint density at radius 1 is 1.03 bits per heavy atom. The van der Waals surface area contributed by atoms with Gasteiger partial charge in [0.05, 0.1) is 19.9 Å². The summed E-state index contributed by atoms with van der Waals surface area (Å²) in [4.78, 5) is 15.1. The largest absolute Gasteiger partial charge is 0.494 e. The summed E-state index contributed by atoms with van der Waals surface area (Å²) in [5.41, 5.74) is 1.48. The normalized spacial score (nSPS) is 11.4. The van der Waals surface area contributed by atoms with Crippen LogP contribution in [-0.4, -0.2) is 43.8 Å². The van der Waals surface area contributed by atoms with Crippen LogP contribution in [0.2, 0.25) is 0 Å². The monoisotopic (exact) mass is 460 g/mol. The highest BCUT2D eigenvalue weighted by molar-refractivity contribution is 5.95. The second-order valence-electron chi connectivity index (χ2n) is 7.73. The lowest BCUT2D eigenvalue weighted by Crippen LogP contribution is -2.40. The second-order valence-corrected chi connectivity index (χ2v) is 7.73. The molecule has 2 aromatic carbocycles. The fourth-order valence-electron chi connectivity index (χ4n) is 3.32. The standard InChI is InChI=1S/C26H34F2N2O3/c1-5-8-11-29-18-30(17-19(4)12-20-9-10-22(27)15-25(20)28)26(31)21-13-23(32-6-2)16-24(14-21)33-7-3/h9-10,12-16,29H,5-8,11,17-18H2,1-4H3/b19-12+. The quantitative estimate of drug-likeness (QED) is 0.310. The molecule has 0 bridgehead atoms. The number of benzene rings is 2. The Bertz CT molecular complexity index is 923. The molecule has 0 spiro atoms. The maximum absolute atomic E-state index is 14.1. The predicted molar refractivity (Wildman–Crippen MR) is 128 cm³/mol. The summed E-state index contributed by atoms with van der Waals surface area (Å²) < 4.78 is 38.5. The van der Waals surface area contributed by atoms with Gasteiger partial charge < -0.3 is 14.4 Å². The lowest BCUT2D eigenvalue weighted by atomic mass is 10.1. The Morgan fingerprint density at radius 2 is 1.70 bits per heavy atom. The Morgan fingerprint density at radius 3 is 2.27 bits per heavy atom. The molecule has 0 saturated carbocycles. The molecule has 1 amide bonds. The van der Waals surface area contributed by atoms with E-state index in [9.17, 15) is 13.6 Å². The topological polar surface area (TPSA) is 50.8 Å². The molecule has 0 aliphatic carbocycles. The maximum Gasteiger partial charge on any atom is 0.255 e. The first-order valence-electron chi connectivity index (χ1n) is 11.4. The van der Waals surface area contributed by atoms with Crippen LogP contribution in [0.4, 0.5) is 8.78 Å². The average Bonchev–Trinajstić information content (AvgIpc) is 2.77. The molecule has 0 saturated heterocycles. The maximum atomic E-state index is 14.1. The van der Waals surface area contributed by atoms with Crippen LogP contribution in [0.25, 0.3) is 6.08 Å². The van der Waals surface area contributed by atoms with Gasteiger partial charge in [-0.25, -0.2) is 8.78 Å². The number of carbonyl (C=O) groups excluding carboxylic acids is 1. The molecule has 0 radical (unpaired) electrons. The number of nitrogens with zero attached hydrogens (tertiary/aromatic N) is 1. The molecule has 2 aromatic rings. The van der Waals surface area contributed by atoms with Crippen molar-refractivity contribution in [3.8, 4) is 11.5 Å². The molecule has 180 valence electrons. The summed E-state index contributed by atoms with van der Waals surface area (Å²) in [5, 5.41) is 3.30. The van der Waals surface area contributed by atoms with Crippen LogP contribution >= 0.6 is 0 Å². The smallest absolute Gasteiger partial charge is 0.255 e. The predicted octanol–water partition coefficient (Wildman–Crippen LogP) is 5.66. The van der Waals surface area contributed by atoms with Gasteiger partial charge in [-0.1, -0.05) is 25.0 Å². The van der Waals surface area contributed by atoms with Gasteiger partial charge in [0.15, 0.2) is 0 Å². The molecular weight excluding hydrogens is 426 g/mol. The molecule has 1 N–H and O–H groups in total. The zero-order valence-corrected chi connectivity index (χ0v) is 19.9. The molecule has 0 aliphatic rings. The zero-order valence-electron chi connectivity index (χ0n) is 19.9. The van der Waals surface area contributed by atoms with E-state index in [0.717, 1.165) is 31.0 Å². The minimum absolute atomic E-state index is 0.200. The Hall–Kier alpha value is -2.93. The number of unbranched alkanes of at least 4 members (excludes halogenated alkanes) is 1. The molecule has 0 fully saturated rings. The summed E-state index contributed by atoms with van der Waals surface area (Å²) in [6.45, 7) is 9.99. The first-order chi connectivity index (χ1) is 15.9. The third kappa shape index (κ3) is 8.50. The van der Waals surface area contributed by atoms with Gasteiger partial charge in [0.1, 0.15) is 23.1 Å². The van der Waals surface area contributed by atoms with Crippen molar-refractivity contribution >= 4 is 12.0 Å². The zero-order chi connectivity index (χ0) is 24.2. The summed E-state index contributed by atoms with van der Waals surface area (Å²) in [6.07, 6.45) is 3.66. The second kappa shape index (κ2) is 13.6. The minimum Gasteiger partial charge on any atom is -0.494 e. The van der Waals surface area contributed by atoms with Gasteiger partial charge in [-0.2, -0.15) is 0 Å². The number of carbonyl (C=O) groups is 1. The molecule has 0 unspecified atom stereocenters. The highest BCUT2D eigenvalue weighted by Crippen LogP contribution is 2.24. The van der Waals surface area contributed by atoms with Gasteiger partial charge in [-0.15, -0.1) is 0 Å². The van der Waals surface area contributed by atoms with Gasteiger partial charge >= 0.3 is 0 Å². The summed E-state index contributed by atoms with van der Waals surface area (Å²) in [6, 6.07) is 8.61. The molecule has 33 heavy (non-hydrogen) atoms. The Kier molecular flexibility index (Phi) is 10.8. The van der Waals surface area contributed by atoms with E-state index in [1.54, 1.807) is 29.2 Å². The van der Waals surface area contributed by atoms with Gasteiger partial charge in [-0.3, -0.25) is 10.1 Å². The van der Waals surface area contributed by atoms with Crippen LogP contribution in [0.1, 0.15) is 56.5 Å². The van der Waals surface area contributed by atoms with E-state index >= 15 is 0 Å². The number of hydrogen-bond donors (Lipinski definition) is 1. The van der Waals surface area contributed by atoms with Crippen molar-refractivity contribution in [2.45, 2.75) is 40.5 Å². The van der Waals surface area contributed by atoms with Crippen molar-refractivity contribution < 1.29 is 23.0 Å². The summed E-state index contributed by atoms with van der Waals surface area (Å²) >= 11 is 0. The number of amides is 1. The fraction of sp³-hybridized carbons (Fsp3) is 0.423. The van der Waals surface area contributed by atoms with Gasteiger partial charge in [0.2, 0.25) is 0 Å². The molecule has 0 heterocycles. The summed E-state index contributed by atoms with van der Waals surface area (Å²) in [5.74, 6) is -0.343. The van der Waals surface area contributed by atoms with Gasteiger partial charge in [0.25, 0.3) is 5.91 Å². The third-order valence-electron chi connectivity index (χ3n) is 4.85. The first-order valence-corrected chi connectivity index (χ1v) is 11.4. The number of hydrogen-bond acceptors (Lipinski definition) is 4.